The Morgan fingerprint density at radius 3 is 1.94 bits per heavy atom. The molecular formula is C14H19F2N. The van der Waals surface area contributed by atoms with Crippen LogP contribution >= 0.6 is 0 Å². The van der Waals surface area contributed by atoms with Crippen molar-refractivity contribution in [2.24, 2.45) is 5.73 Å². The number of nitrogens with two attached hydrogens (primary N) is 1. The molecule has 1 aliphatic carbocycles. The lowest BCUT2D eigenvalue weighted by Crippen LogP contribution is -2.34. The van der Waals surface area contributed by atoms with E-state index < -0.39 is 11.6 Å². The fourth-order valence-electron chi connectivity index (χ4n) is 2.88. The van der Waals surface area contributed by atoms with Crippen LogP contribution in [0.2, 0.25) is 0 Å². The van der Waals surface area contributed by atoms with Crippen LogP contribution < -0.4 is 5.73 Å². The van der Waals surface area contributed by atoms with Gasteiger partial charge >= 0.3 is 0 Å². The quantitative estimate of drug-likeness (QED) is 0.785. The molecule has 94 valence electrons. The average Bonchev–Trinajstić information content (AvgIpc) is 2.53. The SMILES string of the molecule is NCC1(c2cc(F)cc(F)c2)CCCCCC1. The largest absolute Gasteiger partial charge is 0.330 e. The van der Waals surface area contributed by atoms with E-state index in [-0.39, 0.29) is 5.41 Å². The van der Waals surface area contributed by atoms with Crippen molar-refractivity contribution in [3.63, 3.8) is 0 Å². The van der Waals surface area contributed by atoms with Crippen LogP contribution in [-0.2, 0) is 5.41 Å². The molecule has 0 saturated heterocycles. The first-order chi connectivity index (χ1) is 8.16. The van der Waals surface area contributed by atoms with Gasteiger partial charge in [-0.15, -0.1) is 0 Å². The lowest BCUT2D eigenvalue weighted by molar-refractivity contribution is 0.376. The van der Waals surface area contributed by atoms with Crippen molar-refractivity contribution in [1.82, 2.24) is 0 Å². The lowest BCUT2D eigenvalue weighted by atomic mass is 9.74. The van der Waals surface area contributed by atoms with Crippen LogP contribution in [0, 0.1) is 11.6 Å². The van der Waals surface area contributed by atoms with Gasteiger partial charge < -0.3 is 5.73 Å². The van der Waals surface area contributed by atoms with Crippen LogP contribution in [0.25, 0.3) is 0 Å². The third-order valence-corrected chi connectivity index (χ3v) is 3.93. The Bertz CT molecular complexity index is 362. The Balaban J connectivity index is 2.38. The highest BCUT2D eigenvalue weighted by atomic mass is 19.1. The Kier molecular flexibility index (Phi) is 3.77. The molecule has 0 heterocycles. The molecule has 1 aromatic rings. The van der Waals surface area contributed by atoms with Crippen LogP contribution in [0.15, 0.2) is 18.2 Å². The minimum Gasteiger partial charge on any atom is -0.330 e. The van der Waals surface area contributed by atoms with E-state index in [0.717, 1.165) is 37.3 Å². The molecule has 0 amide bonds. The molecule has 0 radical (unpaired) electrons. The first-order valence-corrected chi connectivity index (χ1v) is 6.33. The summed E-state index contributed by atoms with van der Waals surface area (Å²) < 4.78 is 26.6. The average molecular weight is 239 g/mol. The number of halogens is 2. The highest BCUT2D eigenvalue weighted by Crippen LogP contribution is 2.38. The summed E-state index contributed by atoms with van der Waals surface area (Å²) in [6.45, 7) is 0.468. The molecule has 2 rings (SSSR count). The van der Waals surface area contributed by atoms with E-state index in [2.05, 4.69) is 0 Å². The van der Waals surface area contributed by atoms with E-state index in [0.29, 0.717) is 6.54 Å². The Morgan fingerprint density at radius 2 is 1.47 bits per heavy atom. The van der Waals surface area contributed by atoms with Gasteiger partial charge in [0.1, 0.15) is 11.6 Å². The van der Waals surface area contributed by atoms with Crippen molar-refractivity contribution in [2.75, 3.05) is 6.54 Å². The summed E-state index contributed by atoms with van der Waals surface area (Å²) in [5, 5.41) is 0. The van der Waals surface area contributed by atoms with Gasteiger partial charge in [-0.3, -0.25) is 0 Å². The zero-order chi connectivity index (χ0) is 12.3. The van der Waals surface area contributed by atoms with E-state index in [1.165, 1.54) is 25.0 Å². The van der Waals surface area contributed by atoms with Crippen molar-refractivity contribution in [1.29, 1.82) is 0 Å². The molecular weight excluding hydrogens is 220 g/mol. The van der Waals surface area contributed by atoms with E-state index in [4.69, 9.17) is 5.73 Å². The first-order valence-electron chi connectivity index (χ1n) is 6.33. The van der Waals surface area contributed by atoms with Crippen molar-refractivity contribution < 1.29 is 8.78 Å². The molecule has 1 aliphatic rings. The first kappa shape index (κ1) is 12.5. The fourth-order valence-corrected chi connectivity index (χ4v) is 2.88. The van der Waals surface area contributed by atoms with Crippen molar-refractivity contribution in [3.05, 3.63) is 35.4 Å². The van der Waals surface area contributed by atoms with Crippen LogP contribution in [0.5, 0.6) is 0 Å². The minimum absolute atomic E-state index is 0.223. The maximum Gasteiger partial charge on any atom is 0.126 e. The topological polar surface area (TPSA) is 26.0 Å². The maximum absolute atomic E-state index is 13.3. The summed E-state index contributed by atoms with van der Waals surface area (Å²) in [7, 11) is 0. The predicted octanol–water partition coefficient (Wildman–Crippen LogP) is 3.52. The summed E-state index contributed by atoms with van der Waals surface area (Å²) in [5.41, 5.74) is 6.41. The third kappa shape index (κ3) is 2.65. The van der Waals surface area contributed by atoms with Crippen LogP contribution in [0.3, 0.4) is 0 Å². The molecule has 1 fully saturated rings. The second kappa shape index (κ2) is 5.13. The van der Waals surface area contributed by atoms with Gasteiger partial charge in [0.05, 0.1) is 0 Å². The van der Waals surface area contributed by atoms with Gasteiger partial charge in [0.15, 0.2) is 0 Å². The van der Waals surface area contributed by atoms with Gasteiger partial charge in [0, 0.05) is 18.0 Å². The van der Waals surface area contributed by atoms with Gasteiger partial charge in [0.25, 0.3) is 0 Å². The molecule has 3 heteroatoms. The van der Waals surface area contributed by atoms with Gasteiger partial charge in [0.2, 0.25) is 0 Å². The summed E-state index contributed by atoms with van der Waals surface area (Å²) in [5.74, 6) is -1.01. The van der Waals surface area contributed by atoms with E-state index in [1.807, 2.05) is 0 Å². The zero-order valence-electron chi connectivity index (χ0n) is 10.0. The van der Waals surface area contributed by atoms with Gasteiger partial charge in [-0.2, -0.15) is 0 Å². The van der Waals surface area contributed by atoms with E-state index in [1.54, 1.807) is 0 Å². The molecule has 0 unspecified atom stereocenters. The van der Waals surface area contributed by atoms with Crippen LogP contribution in [-0.4, -0.2) is 6.54 Å². The van der Waals surface area contributed by atoms with Gasteiger partial charge in [-0.1, -0.05) is 25.7 Å². The van der Waals surface area contributed by atoms with Crippen molar-refractivity contribution in [2.45, 2.75) is 43.9 Å². The molecule has 0 aliphatic heterocycles. The van der Waals surface area contributed by atoms with Crippen LogP contribution in [0.4, 0.5) is 8.78 Å². The van der Waals surface area contributed by atoms with Crippen molar-refractivity contribution >= 4 is 0 Å². The second-order valence-corrected chi connectivity index (χ2v) is 5.06. The fraction of sp³-hybridized carbons (Fsp3) is 0.571. The maximum atomic E-state index is 13.3. The summed E-state index contributed by atoms with van der Waals surface area (Å²) in [6.07, 6.45) is 6.45. The standard InChI is InChI=1S/C14H19F2N/c15-12-7-11(8-13(16)9-12)14(10-17)5-3-1-2-4-6-14/h7-9H,1-6,10,17H2. The Hall–Kier alpha value is -0.960. The molecule has 1 nitrogen and oxygen atoms in total. The third-order valence-electron chi connectivity index (χ3n) is 3.93. The van der Waals surface area contributed by atoms with E-state index >= 15 is 0 Å². The van der Waals surface area contributed by atoms with Gasteiger partial charge in [-0.25, -0.2) is 8.78 Å². The number of benzene rings is 1. The molecule has 0 spiro atoms. The highest BCUT2D eigenvalue weighted by molar-refractivity contribution is 5.28. The smallest absolute Gasteiger partial charge is 0.126 e. The summed E-state index contributed by atoms with van der Waals surface area (Å²) in [6, 6.07) is 3.81. The van der Waals surface area contributed by atoms with Gasteiger partial charge in [-0.05, 0) is 30.5 Å². The number of hydrogen-bond donors (Lipinski definition) is 1. The monoisotopic (exact) mass is 239 g/mol. The minimum atomic E-state index is -0.503. The summed E-state index contributed by atoms with van der Waals surface area (Å²) >= 11 is 0. The molecule has 0 aromatic heterocycles. The van der Waals surface area contributed by atoms with Crippen molar-refractivity contribution in [3.8, 4) is 0 Å². The zero-order valence-corrected chi connectivity index (χ0v) is 10.0. The molecule has 0 bridgehead atoms. The van der Waals surface area contributed by atoms with E-state index in [9.17, 15) is 8.78 Å². The molecule has 17 heavy (non-hydrogen) atoms. The molecule has 0 atom stereocenters. The van der Waals surface area contributed by atoms with Crippen LogP contribution in [0.1, 0.15) is 44.1 Å². The second-order valence-electron chi connectivity index (χ2n) is 5.06. The molecule has 1 saturated carbocycles. The normalized spacial score (nSPS) is 19.9. The molecule has 2 N–H and O–H groups in total. The Morgan fingerprint density at radius 1 is 0.941 bits per heavy atom. The Labute approximate surface area is 101 Å². The predicted molar refractivity (Wildman–Crippen MR) is 64.8 cm³/mol. The number of hydrogen-bond acceptors (Lipinski definition) is 1. The highest BCUT2D eigenvalue weighted by Gasteiger charge is 2.32. The molecule has 1 aromatic carbocycles. The number of rotatable bonds is 2. The lowest BCUT2D eigenvalue weighted by Gasteiger charge is -2.32. The summed E-state index contributed by atoms with van der Waals surface area (Å²) in [4.78, 5) is 0.